The summed E-state index contributed by atoms with van der Waals surface area (Å²) in [4.78, 5) is 24.3. The molecule has 0 atom stereocenters. The van der Waals surface area contributed by atoms with Crippen molar-refractivity contribution in [2.24, 2.45) is 0 Å². The van der Waals surface area contributed by atoms with Crippen LogP contribution in [0.25, 0.3) is 0 Å². The Bertz CT molecular complexity index is 820. The highest BCUT2D eigenvalue weighted by Gasteiger charge is 2.21. The smallest absolute Gasteiger partial charge is 0.276 e. The minimum absolute atomic E-state index is 0.177. The monoisotopic (exact) mass is 388 g/mol. The van der Waals surface area contributed by atoms with Crippen LogP contribution in [0.5, 0.6) is 23.0 Å². The summed E-state index contributed by atoms with van der Waals surface area (Å²) in [6.07, 6.45) is 0.923. The number of hydrogen-bond donors (Lipinski definition) is 2. The van der Waals surface area contributed by atoms with Gasteiger partial charge in [-0.2, -0.15) is 0 Å². The molecule has 2 aromatic carbocycles. The molecule has 0 spiro atoms. The molecule has 0 saturated heterocycles. The molecule has 2 N–H and O–H groups in total. The lowest BCUT2D eigenvalue weighted by molar-refractivity contribution is -0.123. The van der Waals surface area contributed by atoms with E-state index in [1.54, 1.807) is 18.2 Å². The topological polar surface area (TPSA) is 95.1 Å². The van der Waals surface area contributed by atoms with E-state index in [4.69, 9.17) is 18.9 Å². The average molecular weight is 388 g/mol. The first-order valence-corrected chi connectivity index (χ1v) is 8.63. The van der Waals surface area contributed by atoms with Crippen molar-refractivity contribution < 1.29 is 28.5 Å². The molecule has 150 valence electrons. The fourth-order valence-electron chi connectivity index (χ4n) is 2.48. The number of rotatable bonds is 8. The van der Waals surface area contributed by atoms with E-state index in [0.717, 1.165) is 6.42 Å². The van der Waals surface area contributed by atoms with Crippen LogP contribution in [-0.4, -0.2) is 39.8 Å². The normalized spacial score (nSPS) is 10.0. The first-order valence-electron chi connectivity index (χ1n) is 8.63. The van der Waals surface area contributed by atoms with Crippen molar-refractivity contribution in [1.29, 1.82) is 0 Å². The molecular formula is C20H24N2O6. The van der Waals surface area contributed by atoms with Gasteiger partial charge in [-0.3, -0.25) is 20.4 Å². The van der Waals surface area contributed by atoms with Gasteiger partial charge in [-0.15, -0.1) is 0 Å². The molecule has 0 saturated carbocycles. The van der Waals surface area contributed by atoms with Crippen molar-refractivity contribution in [3.05, 3.63) is 47.5 Å². The minimum Gasteiger partial charge on any atom is -0.493 e. The predicted molar refractivity (Wildman–Crippen MR) is 103 cm³/mol. The Hall–Kier alpha value is -3.42. The van der Waals surface area contributed by atoms with Crippen molar-refractivity contribution in [2.75, 3.05) is 27.9 Å². The molecular weight excluding hydrogens is 364 g/mol. The SMILES string of the molecule is CCc1ccc(OCC(=O)NNC(=O)c2ccc(OC)c(OC)c2OC)cc1. The van der Waals surface area contributed by atoms with Crippen LogP contribution in [0.4, 0.5) is 0 Å². The molecule has 0 aromatic heterocycles. The summed E-state index contributed by atoms with van der Waals surface area (Å²) in [5.41, 5.74) is 5.97. The van der Waals surface area contributed by atoms with E-state index in [2.05, 4.69) is 17.8 Å². The zero-order valence-electron chi connectivity index (χ0n) is 16.3. The number of methoxy groups -OCH3 is 3. The molecule has 28 heavy (non-hydrogen) atoms. The zero-order chi connectivity index (χ0) is 20.5. The Morgan fingerprint density at radius 1 is 0.857 bits per heavy atom. The number of aryl methyl sites for hydroxylation is 1. The molecule has 0 aliphatic heterocycles. The maximum absolute atomic E-state index is 12.4. The van der Waals surface area contributed by atoms with E-state index in [1.165, 1.54) is 33.0 Å². The quantitative estimate of drug-likeness (QED) is 0.673. The molecule has 0 aliphatic carbocycles. The maximum atomic E-state index is 12.4. The summed E-state index contributed by atoms with van der Waals surface area (Å²) in [6.45, 7) is 1.81. The summed E-state index contributed by atoms with van der Waals surface area (Å²) in [5.74, 6) is 0.386. The number of carbonyl (C=O) groups excluding carboxylic acids is 2. The average Bonchev–Trinajstić information content (AvgIpc) is 2.74. The van der Waals surface area contributed by atoms with Gasteiger partial charge in [-0.05, 0) is 36.2 Å². The van der Waals surface area contributed by atoms with Gasteiger partial charge >= 0.3 is 0 Å². The van der Waals surface area contributed by atoms with Gasteiger partial charge in [-0.1, -0.05) is 19.1 Å². The molecule has 0 bridgehead atoms. The Balaban J connectivity index is 1.94. The Morgan fingerprint density at radius 3 is 2.11 bits per heavy atom. The van der Waals surface area contributed by atoms with E-state index >= 15 is 0 Å². The molecule has 8 nitrogen and oxygen atoms in total. The lowest BCUT2D eigenvalue weighted by Crippen LogP contribution is -2.43. The van der Waals surface area contributed by atoms with Gasteiger partial charge in [-0.25, -0.2) is 0 Å². The van der Waals surface area contributed by atoms with Crippen molar-refractivity contribution in [1.82, 2.24) is 10.9 Å². The van der Waals surface area contributed by atoms with E-state index < -0.39 is 11.8 Å². The number of hydrogen-bond acceptors (Lipinski definition) is 6. The van der Waals surface area contributed by atoms with E-state index in [-0.39, 0.29) is 23.7 Å². The Morgan fingerprint density at radius 2 is 1.54 bits per heavy atom. The highest BCUT2D eigenvalue weighted by atomic mass is 16.5. The van der Waals surface area contributed by atoms with Crippen LogP contribution in [0.2, 0.25) is 0 Å². The molecule has 2 rings (SSSR count). The summed E-state index contributed by atoms with van der Waals surface area (Å²) in [5, 5.41) is 0. The minimum atomic E-state index is -0.571. The third-order valence-corrected chi connectivity index (χ3v) is 3.97. The fraction of sp³-hybridized carbons (Fsp3) is 0.300. The predicted octanol–water partition coefficient (Wildman–Crippen LogP) is 2.11. The summed E-state index contributed by atoms with van der Waals surface area (Å²) >= 11 is 0. The molecule has 0 heterocycles. The van der Waals surface area contributed by atoms with Gasteiger partial charge in [0.2, 0.25) is 5.75 Å². The van der Waals surface area contributed by atoms with Gasteiger partial charge in [0.25, 0.3) is 11.8 Å². The highest BCUT2D eigenvalue weighted by molar-refractivity contribution is 5.99. The number of benzene rings is 2. The van der Waals surface area contributed by atoms with Crippen LogP contribution in [0.3, 0.4) is 0 Å². The first-order chi connectivity index (χ1) is 13.5. The third kappa shape index (κ3) is 5.06. The molecule has 0 radical (unpaired) electrons. The summed E-state index contributed by atoms with van der Waals surface area (Å²) < 4.78 is 21.1. The lowest BCUT2D eigenvalue weighted by atomic mass is 10.1. The number of hydrazine groups is 1. The Labute approximate surface area is 163 Å². The van der Waals surface area contributed by atoms with Crippen LogP contribution in [-0.2, 0) is 11.2 Å². The molecule has 2 aromatic rings. The zero-order valence-corrected chi connectivity index (χ0v) is 16.3. The number of amides is 2. The summed E-state index contributed by atoms with van der Waals surface area (Å²) in [6, 6.07) is 10.5. The maximum Gasteiger partial charge on any atom is 0.276 e. The highest BCUT2D eigenvalue weighted by Crippen LogP contribution is 2.39. The summed E-state index contributed by atoms with van der Waals surface area (Å²) in [7, 11) is 4.32. The van der Waals surface area contributed by atoms with Gasteiger partial charge in [0, 0.05) is 0 Å². The van der Waals surface area contributed by atoms with E-state index in [0.29, 0.717) is 11.5 Å². The van der Waals surface area contributed by atoms with Crippen molar-refractivity contribution >= 4 is 11.8 Å². The van der Waals surface area contributed by atoms with Crippen LogP contribution in [0.1, 0.15) is 22.8 Å². The van der Waals surface area contributed by atoms with Gasteiger partial charge in [0.1, 0.15) is 5.75 Å². The van der Waals surface area contributed by atoms with Crippen molar-refractivity contribution in [3.8, 4) is 23.0 Å². The largest absolute Gasteiger partial charge is 0.493 e. The standard InChI is InChI=1S/C20H24N2O6/c1-5-13-6-8-14(9-7-13)28-12-17(23)21-22-20(24)15-10-11-16(25-2)19(27-4)18(15)26-3/h6-11H,5,12H2,1-4H3,(H,21,23)(H,22,24). The van der Waals surface area contributed by atoms with Gasteiger partial charge in [0.05, 0.1) is 26.9 Å². The van der Waals surface area contributed by atoms with Crippen LogP contribution in [0, 0.1) is 0 Å². The second-order valence-corrected chi connectivity index (χ2v) is 5.67. The lowest BCUT2D eigenvalue weighted by Gasteiger charge is -2.15. The van der Waals surface area contributed by atoms with Crippen LogP contribution >= 0.6 is 0 Å². The van der Waals surface area contributed by atoms with Crippen LogP contribution < -0.4 is 29.8 Å². The van der Waals surface area contributed by atoms with Gasteiger partial charge in [0.15, 0.2) is 18.1 Å². The van der Waals surface area contributed by atoms with Crippen LogP contribution in [0.15, 0.2) is 36.4 Å². The fourth-order valence-corrected chi connectivity index (χ4v) is 2.48. The van der Waals surface area contributed by atoms with E-state index in [1.807, 2.05) is 12.1 Å². The molecule has 0 fully saturated rings. The molecule has 2 amide bonds. The number of carbonyl (C=O) groups is 2. The number of ether oxygens (including phenoxy) is 4. The number of nitrogens with one attached hydrogen (secondary N) is 2. The van der Waals surface area contributed by atoms with Gasteiger partial charge < -0.3 is 18.9 Å². The molecule has 0 unspecified atom stereocenters. The first kappa shape index (κ1) is 20.9. The van der Waals surface area contributed by atoms with Crippen molar-refractivity contribution in [2.45, 2.75) is 13.3 Å². The van der Waals surface area contributed by atoms with Crippen molar-refractivity contribution in [3.63, 3.8) is 0 Å². The second kappa shape index (κ2) is 10.1. The molecule has 0 aliphatic rings. The van der Waals surface area contributed by atoms with E-state index in [9.17, 15) is 9.59 Å². The third-order valence-electron chi connectivity index (χ3n) is 3.97. The molecule has 8 heteroatoms. The second-order valence-electron chi connectivity index (χ2n) is 5.67. The Kier molecular flexibility index (Phi) is 7.50.